The number of likely N-dealkylation sites (tertiary alicyclic amines) is 1. The van der Waals surface area contributed by atoms with Crippen LogP contribution in [0, 0.1) is 5.92 Å². The minimum Gasteiger partial charge on any atom is -0.457 e. The van der Waals surface area contributed by atoms with Gasteiger partial charge in [-0.05, 0) is 60.9 Å². The Labute approximate surface area is 188 Å². The third-order valence-corrected chi connectivity index (χ3v) is 5.50. The number of hydrogen-bond donors (Lipinski definition) is 1. The van der Waals surface area contributed by atoms with Crippen LogP contribution < -0.4 is 10.1 Å². The zero-order chi connectivity index (χ0) is 22.2. The largest absolute Gasteiger partial charge is 0.457 e. The molecule has 0 aromatic heterocycles. The highest BCUT2D eigenvalue weighted by Gasteiger charge is 2.26. The molecule has 0 aliphatic carbocycles. The Bertz CT molecular complexity index is 1060. The molecule has 5 heteroatoms. The molecule has 0 atom stereocenters. The van der Waals surface area contributed by atoms with Gasteiger partial charge in [0.2, 0.25) is 11.8 Å². The number of piperidine rings is 1. The van der Waals surface area contributed by atoms with Gasteiger partial charge in [-0.3, -0.25) is 9.59 Å². The van der Waals surface area contributed by atoms with Crippen molar-refractivity contribution in [3.05, 3.63) is 96.6 Å². The van der Waals surface area contributed by atoms with Crippen LogP contribution in [0.4, 0.5) is 5.69 Å². The van der Waals surface area contributed by atoms with Crippen LogP contribution in [0.3, 0.4) is 0 Å². The van der Waals surface area contributed by atoms with Crippen molar-refractivity contribution in [1.82, 2.24) is 4.90 Å². The zero-order valence-corrected chi connectivity index (χ0v) is 17.8. The SMILES string of the molecule is O=C(Nc1ccc(Oc2ccccc2)cc1)C1CCN(C(=O)/C=C/c2ccccc2)CC1. The lowest BCUT2D eigenvalue weighted by atomic mass is 9.95. The van der Waals surface area contributed by atoms with Gasteiger partial charge in [-0.15, -0.1) is 0 Å². The quantitative estimate of drug-likeness (QED) is 0.539. The normalized spacial score (nSPS) is 14.3. The summed E-state index contributed by atoms with van der Waals surface area (Å²) in [5, 5.41) is 2.98. The maximum Gasteiger partial charge on any atom is 0.246 e. The lowest BCUT2D eigenvalue weighted by Gasteiger charge is -2.30. The van der Waals surface area contributed by atoms with Crippen molar-refractivity contribution in [2.45, 2.75) is 12.8 Å². The van der Waals surface area contributed by atoms with Crippen LogP contribution in [0.2, 0.25) is 0 Å². The van der Waals surface area contributed by atoms with E-state index in [1.54, 1.807) is 11.0 Å². The van der Waals surface area contributed by atoms with Gasteiger partial charge in [0.05, 0.1) is 0 Å². The summed E-state index contributed by atoms with van der Waals surface area (Å²) in [6.45, 7) is 1.17. The van der Waals surface area contributed by atoms with Crippen LogP contribution in [0.25, 0.3) is 6.08 Å². The van der Waals surface area contributed by atoms with Gasteiger partial charge < -0.3 is 15.0 Å². The van der Waals surface area contributed by atoms with E-state index >= 15 is 0 Å². The number of hydrogen-bond acceptors (Lipinski definition) is 3. The molecule has 3 aromatic carbocycles. The molecular formula is C27H26N2O3. The molecule has 32 heavy (non-hydrogen) atoms. The van der Waals surface area contributed by atoms with E-state index in [0.717, 1.165) is 17.0 Å². The standard InChI is InChI=1S/C27H26N2O3/c30-26(16-11-21-7-3-1-4-8-21)29-19-17-22(18-20-29)27(31)28-23-12-14-25(15-13-23)32-24-9-5-2-6-10-24/h1-16,22H,17-20H2,(H,28,31)/b16-11+. The van der Waals surface area contributed by atoms with E-state index in [4.69, 9.17) is 4.74 Å². The first-order chi connectivity index (χ1) is 15.7. The third-order valence-electron chi connectivity index (χ3n) is 5.50. The van der Waals surface area contributed by atoms with Gasteiger partial charge in [-0.25, -0.2) is 0 Å². The smallest absolute Gasteiger partial charge is 0.246 e. The topological polar surface area (TPSA) is 58.6 Å². The third kappa shape index (κ3) is 5.85. The Morgan fingerprint density at radius 3 is 2.06 bits per heavy atom. The van der Waals surface area contributed by atoms with Gasteiger partial charge in [0.1, 0.15) is 11.5 Å². The van der Waals surface area contributed by atoms with Crippen molar-refractivity contribution < 1.29 is 14.3 Å². The zero-order valence-electron chi connectivity index (χ0n) is 17.8. The molecule has 3 aromatic rings. The molecule has 0 bridgehead atoms. The van der Waals surface area contributed by atoms with Gasteiger partial charge in [-0.2, -0.15) is 0 Å². The number of nitrogens with one attached hydrogen (secondary N) is 1. The molecule has 0 spiro atoms. The molecule has 2 amide bonds. The molecule has 1 heterocycles. The highest BCUT2D eigenvalue weighted by atomic mass is 16.5. The fourth-order valence-corrected chi connectivity index (χ4v) is 3.67. The Kier molecular flexibility index (Phi) is 6.98. The van der Waals surface area contributed by atoms with Gasteiger partial charge in [0.15, 0.2) is 0 Å². The molecule has 162 valence electrons. The molecule has 5 nitrogen and oxygen atoms in total. The van der Waals surface area contributed by atoms with E-state index < -0.39 is 0 Å². The maximum atomic E-state index is 12.7. The number of anilines is 1. The molecule has 1 aliphatic heterocycles. The molecule has 0 unspecified atom stereocenters. The van der Waals surface area contributed by atoms with Crippen molar-refractivity contribution in [2.75, 3.05) is 18.4 Å². The number of amides is 2. The Morgan fingerprint density at radius 1 is 0.812 bits per heavy atom. The van der Waals surface area contributed by atoms with Crippen molar-refractivity contribution in [3.63, 3.8) is 0 Å². The predicted molar refractivity (Wildman–Crippen MR) is 126 cm³/mol. The van der Waals surface area contributed by atoms with E-state index in [1.807, 2.05) is 91.0 Å². The first-order valence-electron chi connectivity index (χ1n) is 10.8. The molecule has 1 fully saturated rings. The molecule has 0 saturated carbocycles. The Balaban J connectivity index is 1.24. The van der Waals surface area contributed by atoms with Crippen LogP contribution in [0.15, 0.2) is 91.0 Å². The van der Waals surface area contributed by atoms with Crippen LogP contribution in [-0.4, -0.2) is 29.8 Å². The number of ether oxygens (including phenoxy) is 1. The van der Waals surface area contributed by atoms with Gasteiger partial charge in [0.25, 0.3) is 0 Å². The summed E-state index contributed by atoms with van der Waals surface area (Å²) in [6.07, 6.45) is 4.75. The summed E-state index contributed by atoms with van der Waals surface area (Å²) in [5.41, 5.74) is 1.73. The van der Waals surface area contributed by atoms with Crippen LogP contribution >= 0.6 is 0 Å². The maximum absolute atomic E-state index is 12.7. The molecule has 1 saturated heterocycles. The molecular weight excluding hydrogens is 400 g/mol. The summed E-state index contributed by atoms with van der Waals surface area (Å²) in [4.78, 5) is 26.9. The van der Waals surface area contributed by atoms with Crippen molar-refractivity contribution >= 4 is 23.6 Å². The van der Waals surface area contributed by atoms with Crippen molar-refractivity contribution in [1.29, 1.82) is 0 Å². The average Bonchev–Trinajstić information content (AvgIpc) is 2.85. The lowest BCUT2D eigenvalue weighted by molar-refractivity contribution is -0.130. The lowest BCUT2D eigenvalue weighted by Crippen LogP contribution is -2.40. The van der Waals surface area contributed by atoms with E-state index in [0.29, 0.717) is 31.7 Å². The van der Waals surface area contributed by atoms with E-state index in [9.17, 15) is 9.59 Å². The first-order valence-corrected chi connectivity index (χ1v) is 10.8. The highest BCUT2D eigenvalue weighted by molar-refractivity contribution is 5.94. The van der Waals surface area contributed by atoms with Gasteiger partial charge in [-0.1, -0.05) is 48.5 Å². The van der Waals surface area contributed by atoms with Gasteiger partial charge in [0, 0.05) is 30.8 Å². The van der Waals surface area contributed by atoms with Crippen LogP contribution in [0.1, 0.15) is 18.4 Å². The summed E-state index contributed by atoms with van der Waals surface area (Å²) in [6, 6.07) is 26.7. The Morgan fingerprint density at radius 2 is 1.41 bits per heavy atom. The number of carbonyl (C=O) groups excluding carboxylic acids is 2. The van der Waals surface area contributed by atoms with Crippen LogP contribution in [0.5, 0.6) is 11.5 Å². The number of para-hydroxylation sites is 1. The second kappa shape index (κ2) is 10.4. The molecule has 1 aliphatic rings. The minimum atomic E-state index is -0.0996. The second-order valence-corrected chi connectivity index (χ2v) is 7.77. The second-order valence-electron chi connectivity index (χ2n) is 7.77. The molecule has 0 radical (unpaired) electrons. The van der Waals surface area contributed by atoms with Crippen molar-refractivity contribution in [2.24, 2.45) is 5.92 Å². The molecule has 4 rings (SSSR count). The predicted octanol–water partition coefficient (Wildman–Crippen LogP) is 5.37. The number of rotatable bonds is 6. The average molecular weight is 427 g/mol. The fourth-order valence-electron chi connectivity index (χ4n) is 3.67. The Hall–Kier alpha value is -3.86. The van der Waals surface area contributed by atoms with Crippen molar-refractivity contribution in [3.8, 4) is 11.5 Å². The monoisotopic (exact) mass is 426 g/mol. The number of carbonyl (C=O) groups is 2. The summed E-state index contributed by atoms with van der Waals surface area (Å²) in [7, 11) is 0. The number of benzene rings is 3. The highest BCUT2D eigenvalue weighted by Crippen LogP contribution is 2.24. The van der Waals surface area contributed by atoms with E-state index in [2.05, 4.69) is 5.32 Å². The van der Waals surface area contributed by atoms with E-state index in [1.165, 1.54) is 0 Å². The summed E-state index contributed by atoms with van der Waals surface area (Å²) < 4.78 is 5.78. The van der Waals surface area contributed by atoms with E-state index in [-0.39, 0.29) is 17.7 Å². The fraction of sp³-hybridized carbons (Fsp3) is 0.185. The molecule has 1 N–H and O–H groups in total. The van der Waals surface area contributed by atoms with Gasteiger partial charge >= 0.3 is 0 Å². The first kappa shape index (κ1) is 21.4. The van der Waals surface area contributed by atoms with Crippen LogP contribution in [-0.2, 0) is 9.59 Å². The number of nitrogens with zero attached hydrogens (tertiary/aromatic N) is 1. The summed E-state index contributed by atoms with van der Waals surface area (Å²) >= 11 is 0. The summed E-state index contributed by atoms with van der Waals surface area (Å²) in [5.74, 6) is 1.36. The minimum absolute atomic E-state index is 0.00588.